The highest BCUT2D eigenvalue weighted by Crippen LogP contribution is 2.23. The second-order valence-corrected chi connectivity index (χ2v) is 3.42. The molecule has 1 aliphatic heterocycles. The second kappa shape index (κ2) is 2.89. The van der Waals surface area contributed by atoms with Gasteiger partial charge in [0.25, 0.3) is 0 Å². The molecule has 9 heavy (non-hydrogen) atoms. The molecule has 0 saturated carbocycles. The number of nitrogens with zero attached hydrogens (tertiary/aromatic N) is 1. The molecule has 0 radical (unpaired) electrons. The Morgan fingerprint density at radius 2 is 2.22 bits per heavy atom. The molecular formula is C7H14ClN. The number of hydrogen-bond donors (Lipinski definition) is 0. The van der Waals surface area contributed by atoms with Gasteiger partial charge < -0.3 is 0 Å². The summed E-state index contributed by atoms with van der Waals surface area (Å²) in [4.78, 5) is 2.22. The fraction of sp³-hybridized carbons (Fsp3) is 1.00. The Balaban J connectivity index is 2.41. The van der Waals surface area contributed by atoms with Crippen molar-refractivity contribution < 1.29 is 0 Å². The quantitative estimate of drug-likeness (QED) is 0.374. The van der Waals surface area contributed by atoms with Crippen LogP contribution >= 0.6 is 11.6 Å². The second-order valence-electron chi connectivity index (χ2n) is 2.97. The van der Waals surface area contributed by atoms with E-state index in [-0.39, 0.29) is 5.50 Å². The number of likely N-dealkylation sites (tertiary alicyclic amines) is 1. The Kier molecular flexibility index (Phi) is 2.36. The van der Waals surface area contributed by atoms with Gasteiger partial charge in [0.1, 0.15) is 0 Å². The molecule has 0 N–H and O–H groups in total. The highest BCUT2D eigenvalue weighted by Gasteiger charge is 2.22. The van der Waals surface area contributed by atoms with Gasteiger partial charge in [-0.15, -0.1) is 11.6 Å². The Morgan fingerprint density at radius 1 is 1.56 bits per heavy atom. The zero-order chi connectivity index (χ0) is 6.85. The minimum Gasteiger partial charge on any atom is -0.290 e. The van der Waals surface area contributed by atoms with Crippen LogP contribution in [0.2, 0.25) is 0 Å². The first-order chi connectivity index (χ1) is 4.22. The van der Waals surface area contributed by atoms with E-state index in [9.17, 15) is 0 Å². The van der Waals surface area contributed by atoms with E-state index in [2.05, 4.69) is 18.9 Å². The van der Waals surface area contributed by atoms with Crippen LogP contribution in [0.15, 0.2) is 0 Å². The van der Waals surface area contributed by atoms with Crippen LogP contribution in [-0.4, -0.2) is 24.0 Å². The molecule has 0 aromatic heterocycles. The van der Waals surface area contributed by atoms with E-state index in [4.69, 9.17) is 11.6 Å². The molecule has 1 heterocycles. The van der Waals surface area contributed by atoms with E-state index in [1.54, 1.807) is 0 Å². The first-order valence-electron chi connectivity index (χ1n) is 3.56. The predicted molar refractivity (Wildman–Crippen MR) is 40.7 cm³/mol. The lowest BCUT2D eigenvalue weighted by molar-refractivity contribution is 0.190. The van der Waals surface area contributed by atoms with Crippen molar-refractivity contribution in [2.45, 2.75) is 25.3 Å². The zero-order valence-electron chi connectivity index (χ0n) is 6.10. The van der Waals surface area contributed by atoms with Crippen LogP contribution in [0.5, 0.6) is 0 Å². The van der Waals surface area contributed by atoms with E-state index in [1.165, 1.54) is 19.4 Å². The summed E-state index contributed by atoms with van der Waals surface area (Å²) in [5.41, 5.74) is 0.277. The maximum absolute atomic E-state index is 6.04. The average Bonchev–Trinajstić information content (AvgIpc) is 1.83. The first kappa shape index (κ1) is 7.36. The van der Waals surface area contributed by atoms with Gasteiger partial charge >= 0.3 is 0 Å². The van der Waals surface area contributed by atoms with Gasteiger partial charge in [0.15, 0.2) is 0 Å². The van der Waals surface area contributed by atoms with Crippen LogP contribution in [-0.2, 0) is 0 Å². The van der Waals surface area contributed by atoms with E-state index in [0.717, 1.165) is 0 Å². The maximum atomic E-state index is 6.04. The molecule has 1 aliphatic rings. The molecule has 0 aromatic carbocycles. The third-order valence-corrected chi connectivity index (χ3v) is 2.82. The molecular weight excluding hydrogens is 134 g/mol. The first-order valence-corrected chi connectivity index (χ1v) is 4.00. The molecule has 0 spiro atoms. The molecule has 1 nitrogen and oxygen atoms in total. The fourth-order valence-electron chi connectivity index (χ4n) is 1.36. The van der Waals surface area contributed by atoms with Gasteiger partial charge in [0.05, 0.1) is 5.50 Å². The Bertz CT molecular complexity index is 84.9. The Hall–Kier alpha value is 0.250. The average molecular weight is 148 g/mol. The van der Waals surface area contributed by atoms with Crippen molar-refractivity contribution in [3.8, 4) is 0 Å². The molecule has 1 saturated heterocycles. The van der Waals surface area contributed by atoms with Crippen molar-refractivity contribution in [1.29, 1.82) is 0 Å². The monoisotopic (exact) mass is 147 g/mol. The van der Waals surface area contributed by atoms with Crippen LogP contribution in [0.4, 0.5) is 0 Å². The molecule has 2 unspecified atom stereocenters. The highest BCUT2D eigenvalue weighted by molar-refractivity contribution is 6.20. The van der Waals surface area contributed by atoms with Crippen LogP contribution in [0.25, 0.3) is 0 Å². The van der Waals surface area contributed by atoms with Crippen molar-refractivity contribution in [3.05, 3.63) is 0 Å². The van der Waals surface area contributed by atoms with Gasteiger partial charge in [-0.25, -0.2) is 0 Å². The third-order valence-electron chi connectivity index (χ3n) is 2.06. The molecule has 0 bridgehead atoms. The normalized spacial score (nSPS) is 39.0. The lowest BCUT2D eigenvalue weighted by Crippen LogP contribution is -2.37. The largest absolute Gasteiger partial charge is 0.290 e. The summed E-state index contributed by atoms with van der Waals surface area (Å²) in [6, 6.07) is 0. The standard InChI is InChI=1S/C7H14ClN/c1-6-4-3-5-9(2)7(6)8/h6-7H,3-5H2,1-2H3. The topological polar surface area (TPSA) is 3.24 Å². The van der Waals surface area contributed by atoms with E-state index >= 15 is 0 Å². The lowest BCUT2D eigenvalue weighted by Gasteiger charge is -2.32. The molecule has 54 valence electrons. The molecule has 0 amide bonds. The zero-order valence-corrected chi connectivity index (χ0v) is 6.86. The summed E-state index contributed by atoms with van der Waals surface area (Å²) in [5.74, 6) is 0.672. The van der Waals surface area contributed by atoms with Crippen molar-refractivity contribution in [1.82, 2.24) is 4.90 Å². The van der Waals surface area contributed by atoms with Crippen molar-refractivity contribution in [3.63, 3.8) is 0 Å². The minimum absolute atomic E-state index is 0.277. The van der Waals surface area contributed by atoms with Gasteiger partial charge in [-0.1, -0.05) is 6.92 Å². The molecule has 1 rings (SSSR count). The number of halogens is 1. The van der Waals surface area contributed by atoms with Crippen molar-refractivity contribution in [2.24, 2.45) is 5.92 Å². The molecule has 0 aromatic rings. The number of piperidine rings is 1. The predicted octanol–water partition coefficient (Wildman–Crippen LogP) is 1.91. The molecule has 2 atom stereocenters. The van der Waals surface area contributed by atoms with Crippen LogP contribution in [0, 0.1) is 5.92 Å². The van der Waals surface area contributed by atoms with Crippen LogP contribution < -0.4 is 0 Å². The summed E-state index contributed by atoms with van der Waals surface area (Å²) < 4.78 is 0. The van der Waals surface area contributed by atoms with E-state index in [0.29, 0.717) is 5.92 Å². The maximum Gasteiger partial charge on any atom is 0.0873 e. The van der Waals surface area contributed by atoms with Crippen LogP contribution in [0.1, 0.15) is 19.8 Å². The van der Waals surface area contributed by atoms with Crippen molar-refractivity contribution >= 4 is 11.6 Å². The van der Waals surface area contributed by atoms with Gasteiger partial charge in [-0.2, -0.15) is 0 Å². The smallest absolute Gasteiger partial charge is 0.0873 e. The lowest BCUT2D eigenvalue weighted by atomic mass is 10.0. The summed E-state index contributed by atoms with van der Waals surface area (Å²) >= 11 is 6.04. The van der Waals surface area contributed by atoms with E-state index < -0.39 is 0 Å². The summed E-state index contributed by atoms with van der Waals surface area (Å²) in [7, 11) is 2.09. The van der Waals surface area contributed by atoms with Gasteiger partial charge in [0.2, 0.25) is 0 Å². The van der Waals surface area contributed by atoms with E-state index in [1.807, 2.05) is 0 Å². The summed E-state index contributed by atoms with van der Waals surface area (Å²) in [5, 5.41) is 0. The number of hydrogen-bond acceptors (Lipinski definition) is 1. The summed E-state index contributed by atoms with van der Waals surface area (Å²) in [6.07, 6.45) is 2.60. The van der Waals surface area contributed by atoms with Gasteiger partial charge in [0, 0.05) is 0 Å². The Labute approximate surface area is 62.0 Å². The summed E-state index contributed by atoms with van der Waals surface area (Å²) in [6.45, 7) is 3.38. The third kappa shape index (κ3) is 1.59. The van der Waals surface area contributed by atoms with Crippen molar-refractivity contribution in [2.75, 3.05) is 13.6 Å². The molecule has 1 fully saturated rings. The SMILES string of the molecule is CC1CCCN(C)C1Cl. The van der Waals surface area contributed by atoms with Gasteiger partial charge in [-0.3, -0.25) is 4.90 Å². The fourth-order valence-corrected chi connectivity index (χ4v) is 1.58. The molecule has 0 aliphatic carbocycles. The molecule has 2 heteroatoms. The highest BCUT2D eigenvalue weighted by atomic mass is 35.5. The number of alkyl halides is 1. The minimum atomic E-state index is 0.277. The van der Waals surface area contributed by atoms with Crippen LogP contribution in [0.3, 0.4) is 0 Å². The Morgan fingerprint density at radius 3 is 2.67 bits per heavy atom. The number of rotatable bonds is 0. The van der Waals surface area contributed by atoms with Gasteiger partial charge in [-0.05, 0) is 32.4 Å².